The first kappa shape index (κ1) is 16.5. The van der Waals surface area contributed by atoms with E-state index in [9.17, 15) is 14.7 Å². The van der Waals surface area contributed by atoms with Crippen molar-refractivity contribution in [3.05, 3.63) is 51.5 Å². The zero-order valence-electron chi connectivity index (χ0n) is 13.4. The van der Waals surface area contributed by atoms with E-state index < -0.39 is 0 Å². The van der Waals surface area contributed by atoms with Crippen LogP contribution in [0.5, 0.6) is 5.75 Å². The summed E-state index contributed by atoms with van der Waals surface area (Å²) in [5.41, 5.74) is 3.64. The zero-order chi connectivity index (χ0) is 17.4. The molecular weight excluding hydrogens is 372 g/mol. The molecule has 2 aromatic carbocycles. The molecule has 0 radical (unpaired) electrons. The summed E-state index contributed by atoms with van der Waals surface area (Å²) in [6.07, 6.45) is 0.764. The first-order chi connectivity index (χ1) is 11.4. The molecule has 5 nitrogen and oxygen atoms in total. The molecule has 0 aromatic heterocycles. The van der Waals surface area contributed by atoms with Gasteiger partial charge >= 0.3 is 0 Å². The van der Waals surface area contributed by atoms with Crippen LogP contribution in [0.1, 0.15) is 28.4 Å². The largest absolute Gasteiger partial charge is 0.506 e. The lowest BCUT2D eigenvalue weighted by Gasteiger charge is -2.15. The number of phenolic OH excluding ortho intramolecular Hbond substituents is 1. The molecule has 24 heavy (non-hydrogen) atoms. The van der Waals surface area contributed by atoms with Gasteiger partial charge in [0.1, 0.15) is 5.75 Å². The number of nitrogens with one attached hydrogen (secondary N) is 1. The van der Waals surface area contributed by atoms with Gasteiger partial charge in [0.05, 0.1) is 10.0 Å². The van der Waals surface area contributed by atoms with Crippen molar-refractivity contribution >= 4 is 39.1 Å². The fourth-order valence-corrected chi connectivity index (χ4v) is 3.49. The van der Waals surface area contributed by atoms with Crippen LogP contribution >= 0.6 is 15.9 Å². The molecule has 0 spiro atoms. The zero-order valence-corrected chi connectivity index (χ0v) is 15.0. The highest BCUT2D eigenvalue weighted by molar-refractivity contribution is 9.10. The van der Waals surface area contributed by atoms with Crippen LogP contribution in [0.15, 0.2) is 34.8 Å². The Morgan fingerprint density at radius 1 is 1.25 bits per heavy atom. The minimum Gasteiger partial charge on any atom is -0.506 e. The maximum absolute atomic E-state index is 12.5. The van der Waals surface area contributed by atoms with Crippen LogP contribution in [0.4, 0.5) is 11.4 Å². The van der Waals surface area contributed by atoms with Gasteiger partial charge in [0.15, 0.2) is 0 Å². The van der Waals surface area contributed by atoms with Crippen LogP contribution in [0.2, 0.25) is 0 Å². The standard InChI is InChI=1S/C18H17BrN2O3/c1-10-7-14(17(23)15(19)8-10)18(24)20-13-3-4-16-12(9-13)5-6-21(16)11(2)22/h3-4,7-9,23H,5-6H2,1-2H3,(H,20,24). The lowest BCUT2D eigenvalue weighted by Crippen LogP contribution is -2.25. The van der Waals surface area contributed by atoms with E-state index in [1.165, 1.54) is 0 Å². The summed E-state index contributed by atoms with van der Waals surface area (Å²) in [6.45, 7) is 4.06. The van der Waals surface area contributed by atoms with Gasteiger partial charge in [-0.05, 0) is 70.7 Å². The molecular formula is C18H17BrN2O3. The van der Waals surface area contributed by atoms with Gasteiger partial charge in [-0.3, -0.25) is 9.59 Å². The van der Waals surface area contributed by atoms with Crippen LogP contribution in [0.25, 0.3) is 0 Å². The second kappa shape index (κ2) is 6.28. The van der Waals surface area contributed by atoms with Crippen molar-refractivity contribution in [1.82, 2.24) is 0 Å². The quantitative estimate of drug-likeness (QED) is 0.824. The van der Waals surface area contributed by atoms with Crippen molar-refractivity contribution in [3.63, 3.8) is 0 Å². The van der Waals surface area contributed by atoms with Crippen LogP contribution in [0, 0.1) is 6.92 Å². The number of anilines is 2. The van der Waals surface area contributed by atoms with E-state index >= 15 is 0 Å². The van der Waals surface area contributed by atoms with Crippen molar-refractivity contribution < 1.29 is 14.7 Å². The molecule has 0 aliphatic carbocycles. The molecule has 2 amide bonds. The fraction of sp³-hybridized carbons (Fsp3) is 0.222. The number of aryl methyl sites for hydroxylation is 1. The molecule has 6 heteroatoms. The molecule has 3 rings (SSSR count). The summed E-state index contributed by atoms with van der Waals surface area (Å²) >= 11 is 3.24. The lowest BCUT2D eigenvalue weighted by molar-refractivity contribution is -0.116. The molecule has 1 heterocycles. The monoisotopic (exact) mass is 388 g/mol. The Bertz CT molecular complexity index is 848. The molecule has 2 N–H and O–H groups in total. The Morgan fingerprint density at radius 2 is 2.00 bits per heavy atom. The predicted octanol–water partition coefficient (Wildman–Crippen LogP) is 3.62. The van der Waals surface area contributed by atoms with Crippen molar-refractivity contribution in [1.29, 1.82) is 0 Å². The molecule has 1 aliphatic heterocycles. The van der Waals surface area contributed by atoms with E-state index in [-0.39, 0.29) is 23.1 Å². The number of rotatable bonds is 2. The maximum atomic E-state index is 12.5. The SMILES string of the molecule is CC(=O)N1CCc2cc(NC(=O)c3cc(C)cc(Br)c3O)ccc21. The van der Waals surface area contributed by atoms with E-state index in [0.29, 0.717) is 16.7 Å². The third-order valence-electron chi connectivity index (χ3n) is 4.07. The van der Waals surface area contributed by atoms with Crippen LogP contribution in [-0.4, -0.2) is 23.5 Å². The topological polar surface area (TPSA) is 69.6 Å². The molecule has 0 saturated carbocycles. The Kier molecular flexibility index (Phi) is 4.32. The minimum atomic E-state index is -0.377. The number of hydrogen-bond acceptors (Lipinski definition) is 3. The first-order valence-corrected chi connectivity index (χ1v) is 8.37. The van der Waals surface area contributed by atoms with Gasteiger partial charge in [-0.15, -0.1) is 0 Å². The number of aromatic hydroxyl groups is 1. The third kappa shape index (κ3) is 3.01. The fourth-order valence-electron chi connectivity index (χ4n) is 2.91. The summed E-state index contributed by atoms with van der Waals surface area (Å²) in [5.74, 6) is -0.444. The Labute approximate surface area is 148 Å². The van der Waals surface area contributed by atoms with Gasteiger partial charge < -0.3 is 15.3 Å². The molecule has 0 bridgehead atoms. The summed E-state index contributed by atoms with van der Waals surface area (Å²) in [6, 6.07) is 8.86. The van der Waals surface area contributed by atoms with Crippen LogP contribution < -0.4 is 10.2 Å². The Morgan fingerprint density at radius 3 is 2.71 bits per heavy atom. The summed E-state index contributed by atoms with van der Waals surface area (Å²) < 4.78 is 0.485. The average molecular weight is 389 g/mol. The number of amides is 2. The Balaban J connectivity index is 1.85. The number of phenols is 1. The summed E-state index contributed by atoms with van der Waals surface area (Å²) in [5, 5.41) is 12.9. The number of fused-ring (bicyclic) bond motifs is 1. The minimum absolute atomic E-state index is 0.0140. The highest BCUT2D eigenvalue weighted by Gasteiger charge is 2.22. The number of carbonyl (C=O) groups excluding carboxylic acids is 2. The molecule has 124 valence electrons. The molecule has 0 saturated heterocycles. The van der Waals surface area contributed by atoms with Gasteiger partial charge in [-0.2, -0.15) is 0 Å². The average Bonchev–Trinajstić information content (AvgIpc) is 2.94. The first-order valence-electron chi connectivity index (χ1n) is 7.58. The second-order valence-electron chi connectivity index (χ2n) is 5.86. The van der Waals surface area contributed by atoms with Crippen LogP contribution in [0.3, 0.4) is 0 Å². The van der Waals surface area contributed by atoms with Crippen molar-refractivity contribution in [3.8, 4) is 5.75 Å². The highest BCUT2D eigenvalue weighted by Crippen LogP contribution is 2.32. The van der Waals surface area contributed by atoms with Crippen molar-refractivity contribution in [2.75, 3.05) is 16.8 Å². The van der Waals surface area contributed by atoms with Gasteiger partial charge in [0, 0.05) is 24.8 Å². The predicted molar refractivity (Wildman–Crippen MR) is 96.7 cm³/mol. The normalized spacial score (nSPS) is 12.9. The third-order valence-corrected chi connectivity index (χ3v) is 4.67. The molecule has 0 fully saturated rings. The number of benzene rings is 2. The molecule has 1 aliphatic rings. The number of carbonyl (C=O) groups is 2. The smallest absolute Gasteiger partial charge is 0.259 e. The molecule has 2 aromatic rings. The van der Waals surface area contributed by atoms with E-state index in [4.69, 9.17) is 0 Å². The summed E-state index contributed by atoms with van der Waals surface area (Å²) in [7, 11) is 0. The van der Waals surface area contributed by atoms with E-state index in [1.807, 2.05) is 19.1 Å². The lowest BCUT2D eigenvalue weighted by atomic mass is 10.1. The highest BCUT2D eigenvalue weighted by atomic mass is 79.9. The summed E-state index contributed by atoms with van der Waals surface area (Å²) in [4.78, 5) is 25.8. The van der Waals surface area contributed by atoms with E-state index in [1.54, 1.807) is 30.0 Å². The van der Waals surface area contributed by atoms with Crippen LogP contribution in [-0.2, 0) is 11.2 Å². The van der Waals surface area contributed by atoms with E-state index in [2.05, 4.69) is 21.2 Å². The van der Waals surface area contributed by atoms with Crippen molar-refractivity contribution in [2.24, 2.45) is 0 Å². The number of halogens is 1. The van der Waals surface area contributed by atoms with Gasteiger partial charge in [-0.1, -0.05) is 0 Å². The molecule has 0 unspecified atom stereocenters. The number of nitrogens with zero attached hydrogens (tertiary/aromatic N) is 1. The van der Waals surface area contributed by atoms with Gasteiger partial charge in [0.2, 0.25) is 5.91 Å². The molecule has 0 atom stereocenters. The maximum Gasteiger partial charge on any atom is 0.259 e. The second-order valence-corrected chi connectivity index (χ2v) is 6.72. The van der Waals surface area contributed by atoms with Gasteiger partial charge in [-0.25, -0.2) is 0 Å². The number of hydrogen-bond donors (Lipinski definition) is 2. The Hall–Kier alpha value is -2.34. The van der Waals surface area contributed by atoms with Crippen molar-refractivity contribution in [2.45, 2.75) is 20.3 Å². The van der Waals surface area contributed by atoms with Gasteiger partial charge in [0.25, 0.3) is 5.91 Å². The van der Waals surface area contributed by atoms with E-state index in [0.717, 1.165) is 23.2 Å².